The second-order valence-corrected chi connectivity index (χ2v) is 6.75. The minimum Gasteiger partial charge on any atom is -0.478 e. The van der Waals surface area contributed by atoms with E-state index in [1.54, 1.807) is 18.5 Å². The molecule has 2 heterocycles. The highest BCUT2D eigenvalue weighted by Gasteiger charge is 2.23. The Bertz CT molecular complexity index is 693. The molecule has 0 radical (unpaired) electrons. The van der Waals surface area contributed by atoms with E-state index < -0.39 is 5.97 Å². The fraction of sp³-hybridized carbons (Fsp3) is 0.500. The van der Waals surface area contributed by atoms with E-state index in [1.165, 1.54) is 5.56 Å². The van der Waals surface area contributed by atoms with Gasteiger partial charge in [-0.05, 0) is 56.8 Å². The van der Waals surface area contributed by atoms with Crippen molar-refractivity contribution < 1.29 is 9.90 Å². The summed E-state index contributed by atoms with van der Waals surface area (Å²) in [6, 6.07) is 7.67. The van der Waals surface area contributed by atoms with Crippen LogP contribution in [0.4, 0.5) is 0 Å². The van der Waals surface area contributed by atoms with E-state index in [-0.39, 0.29) is 0 Å². The van der Waals surface area contributed by atoms with Gasteiger partial charge >= 0.3 is 5.97 Å². The second-order valence-electron chi connectivity index (χ2n) is 6.75. The number of carbonyl (C=O) groups is 1. The van der Waals surface area contributed by atoms with Crippen LogP contribution in [0.1, 0.15) is 60.4 Å². The number of likely N-dealkylation sites (tertiary alicyclic amines) is 1. The van der Waals surface area contributed by atoms with Gasteiger partial charge in [-0.1, -0.05) is 12.1 Å². The standard InChI is InChI=1S/C18H24N4O2/c1-13(2)22-12-19-20-17(22)11-21-9-3-4-16(10-21)14-5-7-15(8-6-14)18(23)24/h5-8,12-13,16H,3-4,9-11H2,1-2H3,(H,23,24)/t16-/m0/s1. The third-order valence-corrected chi connectivity index (χ3v) is 4.70. The Kier molecular flexibility index (Phi) is 4.94. The maximum absolute atomic E-state index is 11.0. The monoisotopic (exact) mass is 328 g/mol. The van der Waals surface area contributed by atoms with Crippen molar-refractivity contribution in [3.63, 3.8) is 0 Å². The van der Waals surface area contributed by atoms with Gasteiger partial charge in [-0.25, -0.2) is 4.79 Å². The summed E-state index contributed by atoms with van der Waals surface area (Å²) in [5, 5.41) is 17.3. The van der Waals surface area contributed by atoms with Crippen LogP contribution in [0.5, 0.6) is 0 Å². The van der Waals surface area contributed by atoms with Crippen LogP contribution in [0.3, 0.4) is 0 Å². The summed E-state index contributed by atoms with van der Waals surface area (Å²) in [4.78, 5) is 13.4. The highest BCUT2D eigenvalue weighted by atomic mass is 16.4. The molecule has 0 bridgehead atoms. The average Bonchev–Trinajstić information content (AvgIpc) is 3.03. The van der Waals surface area contributed by atoms with Gasteiger partial charge in [-0.15, -0.1) is 10.2 Å². The van der Waals surface area contributed by atoms with Gasteiger partial charge in [0.2, 0.25) is 0 Å². The molecule has 3 rings (SSSR count). The van der Waals surface area contributed by atoms with Crippen LogP contribution in [0, 0.1) is 0 Å². The Morgan fingerprint density at radius 1 is 1.33 bits per heavy atom. The summed E-state index contributed by atoms with van der Waals surface area (Å²) in [7, 11) is 0. The number of benzene rings is 1. The molecule has 2 aromatic rings. The van der Waals surface area contributed by atoms with Gasteiger partial charge in [0.1, 0.15) is 12.2 Å². The van der Waals surface area contributed by atoms with Crippen molar-refractivity contribution in [1.29, 1.82) is 0 Å². The summed E-state index contributed by atoms with van der Waals surface area (Å²) >= 11 is 0. The van der Waals surface area contributed by atoms with Crippen LogP contribution >= 0.6 is 0 Å². The molecule has 1 aromatic carbocycles. The zero-order chi connectivity index (χ0) is 17.1. The number of rotatable bonds is 5. The molecule has 1 aliphatic heterocycles. The van der Waals surface area contributed by atoms with Gasteiger partial charge in [0, 0.05) is 12.6 Å². The minimum atomic E-state index is -0.875. The Labute approximate surface area is 142 Å². The fourth-order valence-electron chi connectivity index (χ4n) is 3.38. The molecule has 0 amide bonds. The average molecular weight is 328 g/mol. The van der Waals surface area contributed by atoms with Crippen LogP contribution in [-0.2, 0) is 6.54 Å². The van der Waals surface area contributed by atoms with Crippen molar-refractivity contribution in [1.82, 2.24) is 19.7 Å². The molecule has 6 heteroatoms. The molecular formula is C18H24N4O2. The number of nitrogens with zero attached hydrogens (tertiary/aromatic N) is 4. The topological polar surface area (TPSA) is 71.2 Å². The smallest absolute Gasteiger partial charge is 0.335 e. The van der Waals surface area contributed by atoms with Crippen LogP contribution < -0.4 is 0 Å². The quantitative estimate of drug-likeness (QED) is 0.914. The zero-order valence-corrected chi connectivity index (χ0v) is 14.2. The van der Waals surface area contributed by atoms with E-state index in [1.807, 2.05) is 12.1 Å². The van der Waals surface area contributed by atoms with Gasteiger partial charge in [0.05, 0.1) is 12.1 Å². The van der Waals surface area contributed by atoms with Gasteiger partial charge in [-0.3, -0.25) is 4.90 Å². The molecular weight excluding hydrogens is 304 g/mol. The Balaban J connectivity index is 1.68. The Morgan fingerprint density at radius 3 is 2.75 bits per heavy atom. The molecule has 1 N–H and O–H groups in total. The summed E-state index contributed by atoms with van der Waals surface area (Å²) in [5.74, 6) is 0.573. The highest BCUT2D eigenvalue weighted by Crippen LogP contribution is 2.28. The van der Waals surface area contributed by atoms with Crippen molar-refractivity contribution in [3.8, 4) is 0 Å². The maximum atomic E-state index is 11.0. The molecule has 0 spiro atoms. The number of aromatic nitrogens is 3. The summed E-state index contributed by atoms with van der Waals surface area (Å²) in [6.07, 6.45) is 4.08. The van der Waals surface area contributed by atoms with Crippen molar-refractivity contribution in [2.24, 2.45) is 0 Å². The number of carboxylic acids is 1. The number of piperidine rings is 1. The Hall–Kier alpha value is -2.21. The lowest BCUT2D eigenvalue weighted by Crippen LogP contribution is -2.34. The molecule has 0 aliphatic carbocycles. The van der Waals surface area contributed by atoms with E-state index in [0.29, 0.717) is 17.5 Å². The Morgan fingerprint density at radius 2 is 2.08 bits per heavy atom. The molecule has 6 nitrogen and oxygen atoms in total. The molecule has 1 saturated heterocycles. The second kappa shape index (κ2) is 7.13. The first-order chi connectivity index (χ1) is 11.5. The molecule has 1 fully saturated rings. The zero-order valence-electron chi connectivity index (χ0n) is 14.2. The molecule has 0 unspecified atom stereocenters. The summed E-state index contributed by atoms with van der Waals surface area (Å²) in [5.41, 5.74) is 1.56. The maximum Gasteiger partial charge on any atom is 0.335 e. The van der Waals surface area contributed by atoms with Crippen molar-refractivity contribution in [2.45, 2.75) is 45.2 Å². The molecule has 1 atom stereocenters. The lowest BCUT2D eigenvalue weighted by atomic mass is 9.90. The number of hydrogen-bond acceptors (Lipinski definition) is 4. The number of carboxylic acid groups (broad SMARTS) is 1. The van der Waals surface area contributed by atoms with Gasteiger partial charge in [-0.2, -0.15) is 0 Å². The van der Waals surface area contributed by atoms with Crippen LogP contribution in [0.25, 0.3) is 0 Å². The SMILES string of the molecule is CC(C)n1cnnc1CN1CCC[C@H](c2ccc(C(=O)O)cc2)C1. The predicted octanol–water partition coefficient (Wildman–Crippen LogP) is 2.94. The number of aromatic carboxylic acids is 1. The van der Waals surface area contributed by atoms with Gasteiger partial charge < -0.3 is 9.67 Å². The van der Waals surface area contributed by atoms with Crippen LogP contribution in [0.15, 0.2) is 30.6 Å². The molecule has 24 heavy (non-hydrogen) atoms. The van der Waals surface area contributed by atoms with E-state index >= 15 is 0 Å². The third-order valence-electron chi connectivity index (χ3n) is 4.70. The largest absolute Gasteiger partial charge is 0.478 e. The molecule has 128 valence electrons. The first kappa shape index (κ1) is 16.6. The van der Waals surface area contributed by atoms with Gasteiger partial charge in [0.25, 0.3) is 0 Å². The minimum absolute atomic E-state index is 0.344. The molecule has 1 aliphatic rings. The van der Waals surface area contributed by atoms with Crippen molar-refractivity contribution in [3.05, 3.63) is 47.5 Å². The third kappa shape index (κ3) is 3.64. The van der Waals surface area contributed by atoms with Gasteiger partial charge in [0.15, 0.2) is 0 Å². The van der Waals surface area contributed by atoms with Crippen LogP contribution in [-0.4, -0.2) is 43.8 Å². The first-order valence-corrected chi connectivity index (χ1v) is 8.48. The van der Waals surface area contributed by atoms with E-state index in [4.69, 9.17) is 5.11 Å². The van der Waals surface area contributed by atoms with E-state index in [0.717, 1.165) is 38.3 Å². The first-order valence-electron chi connectivity index (χ1n) is 8.48. The lowest BCUT2D eigenvalue weighted by molar-refractivity contribution is 0.0697. The fourth-order valence-corrected chi connectivity index (χ4v) is 3.38. The lowest BCUT2D eigenvalue weighted by Gasteiger charge is -2.32. The molecule has 0 saturated carbocycles. The van der Waals surface area contributed by atoms with E-state index in [2.05, 4.69) is 33.5 Å². The summed E-state index contributed by atoms with van der Waals surface area (Å²) in [6.45, 7) is 7.11. The number of hydrogen-bond donors (Lipinski definition) is 1. The van der Waals surface area contributed by atoms with Crippen LogP contribution in [0.2, 0.25) is 0 Å². The normalized spacial score (nSPS) is 18.9. The van der Waals surface area contributed by atoms with Crippen molar-refractivity contribution >= 4 is 5.97 Å². The van der Waals surface area contributed by atoms with Crippen molar-refractivity contribution in [2.75, 3.05) is 13.1 Å². The predicted molar refractivity (Wildman–Crippen MR) is 91.1 cm³/mol. The molecule has 1 aromatic heterocycles. The van der Waals surface area contributed by atoms with E-state index in [9.17, 15) is 4.79 Å². The highest BCUT2D eigenvalue weighted by molar-refractivity contribution is 5.87. The summed E-state index contributed by atoms with van der Waals surface area (Å²) < 4.78 is 2.12.